The summed E-state index contributed by atoms with van der Waals surface area (Å²) in [6, 6.07) is 13.2. The van der Waals surface area contributed by atoms with Crippen molar-refractivity contribution in [3.05, 3.63) is 42.5 Å². The summed E-state index contributed by atoms with van der Waals surface area (Å²) < 4.78 is 0. The highest BCUT2D eigenvalue weighted by Gasteiger charge is 2.13. The molecular formula is C17H22N2O2. The van der Waals surface area contributed by atoms with E-state index in [1.165, 1.54) is 0 Å². The molecule has 0 aliphatic rings. The Balaban J connectivity index is 2.07. The largest absolute Gasteiger partial charge is 0.394 e. The molecule has 0 saturated heterocycles. The first-order valence-corrected chi connectivity index (χ1v) is 7.26. The molecule has 0 saturated carbocycles. The van der Waals surface area contributed by atoms with E-state index in [0.717, 1.165) is 22.9 Å². The van der Waals surface area contributed by atoms with Crippen LogP contribution in [-0.2, 0) is 0 Å². The number of carbonyl (C=O) groups is 1. The zero-order valence-electron chi connectivity index (χ0n) is 12.5. The van der Waals surface area contributed by atoms with E-state index < -0.39 is 0 Å². The van der Waals surface area contributed by atoms with Gasteiger partial charge in [0.2, 0.25) is 0 Å². The fourth-order valence-electron chi connectivity index (χ4n) is 2.43. The molecule has 0 radical (unpaired) electrons. The number of anilines is 1. The third-order valence-electron chi connectivity index (χ3n) is 3.35. The molecule has 0 aromatic heterocycles. The van der Waals surface area contributed by atoms with Crippen molar-refractivity contribution < 1.29 is 9.90 Å². The van der Waals surface area contributed by atoms with Crippen LogP contribution in [0.1, 0.15) is 20.3 Å². The Morgan fingerprint density at radius 2 is 1.86 bits per heavy atom. The van der Waals surface area contributed by atoms with Crippen LogP contribution in [0.5, 0.6) is 0 Å². The Kier molecular flexibility index (Phi) is 5.17. The number of fused-ring (bicyclic) bond motifs is 1. The maximum atomic E-state index is 12.1. The van der Waals surface area contributed by atoms with Gasteiger partial charge in [-0.3, -0.25) is 0 Å². The first kappa shape index (κ1) is 15.3. The van der Waals surface area contributed by atoms with Gasteiger partial charge in [-0.2, -0.15) is 0 Å². The number of urea groups is 1. The van der Waals surface area contributed by atoms with E-state index in [1.54, 1.807) is 0 Å². The molecular weight excluding hydrogens is 264 g/mol. The van der Waals surface area contributed by atoms with Gasteiger partial charge in [0.1, 0.15) is 0 Å². The number of hydrogen-bond acceptors (Lipinski definition) is 2. The van der Waals surface area contributed by atoms with Gasteiger partial charge in [0.25, 0.3) is 0 Å². The van der Waals surface area contributed by atoms with Crippen molar-refractivity contribution in [2.24, 2.45) is 5.92 Å². The third-order valence-corrected chi connectivity index (χ3v) is 3.35. The standard InChI is InChI=1S/C17H22N2O2/c1-12(2)10-14(11-20)18-17(21)19-16-9-5-7-13-6-3-4-8-15(13)16/h3-9,12,14,20H,10-11H2,1-2H3,(H2,18,19,21). The molecule has 0 spiro atoms. The molecule has 0 bridgehead atoms. The van der Waals surface area contributed by atoms with E-state index in [-0.39, 0.29) is 18.7 Å². The molecule has 0 aliphatic heterocycles. The minimum absolute atomic E-state index is 0.0544. The second kappa shape index (κ2) is 7.09. The van der Waals surface area contributed by atoms with E-state index >= 15 is 0 Å². The molecule has 112 valence electrons. The molecule has 2 aromatic rings. The highest BCUT2D eigenvalue weighted by molar-refractivity contribution is 6.01. The number of aliphatic hydroxyl groups excluding tert-OH is 1. The summed E-state index contributed by atoms with van der Waals surface area (Å²) in [6.45, 7) is 4.07. The van der Waals surface area contributed by atoms with Crippen LogP contribution >= 0.6 is 0 Å². The maximum absolute atomic E-state index is 12.1. The molecule has 0 fully saturated rings. The first-order chi connectivity index (χ1) is 10.1. The van der Waals surface area contributed by atoms with Crippen molar-refractivity contribution in [1.82, 2.24) is 5.32 Å². The molecule has 4 nitrogen and oxygen atoms in total. The predicted octanol–water partition coefficient (Wildman–Crippen LogP) is 3.37. The summed E-state index contributed by atoms with van der Waals surface area (Å²) in [5.74, 6) is 0.417. The molecule has 3 N–H and O–H groups in total. The fraction of sp³-hybridized carbons (Fsp3) is 0.353. The van der Waals surface area contributed by atoms with Gasteiger partial charge in [0.15, 0.2) is 0 Å². The monoisotopic (exact) mass is 286 g/mol. The molecule has 2 rings (SSSR count). The van der Waals surface area contributed by atoms with Gasteiger partial charge in [-0.1, -0.05) is 50.2 Å². The number of benzene rings is 2. The molecule has 2 aromatic carbocycles. The van der Waals surface area contributed by atoms with Crippen LogP contribution in [-0.4, -0.2) is 23.8 Å². The lowest BCUT2D eigenvalue weighted by molar-refractivity contribution is 0.214. The average molecular weight is 286 g/mol. The smallest absolute Gasteiger partial charge is 0.319 e. The number of hydrogen-bond donors (Lipinski definition) is 3. The topological polar surface area (TPSA) is 61.4 Å². The van der Waals surface area contributed by atoms with Gasteiger partial charge in [-0.15, -0.1) is 0 Å². The number of nitrogens with one attached hydrogen (secondary N) is 2. The Bertz CT molecular complexity index is 605. The summed E-state index contributed by atoms with van der Waals surface area (Å²) in [5, 5.41) is 17.1. The second-order valence-electron chi connectivity index (χ2n) is 5.63. The van der Waals surface area contributed by atoms with Crippen LogP contribution < -0.4 is 10.6 Å². The number of rotatable bonds is 5. The molecule has 2 amide bonds. The van der Waals surface area contributed by atoms with E-state index in [1.807, 2.05) is 42.5 Å². The van der Waals surface area contributed by atoms with E-state index in [9.17, 15) is 9.90 Å². The number of carbonyl (C=O) groups excluding carboxylic acids is 1. The molecule has 0 aliphatic carbocycles. The van der Waals surface area contributed by atoms with Crippen LogP contribution in [0, 0.1) is 5.92 Å². The van der Waals surface area contributed by atoms with Crippen molar-refractivity contribution in [2.45, 2.75) is 26.3 Å². The maximum Gasteiger partial charge on any atom is 0.319 e. The van der Waals surface area contributed by atoms with Crippen molar-refractivity contribution in [3.63, 3.8) is 0 Å². The molecule has 1 unspecified atom stereocenters. The molecule has 1 atom stereocenters. The molecule has 0 heterocycles. The summed E-state index contributed by atoms with van der Waals surface area (Å²) >= 11 is 0. The summed E-state index contributed by atoms with van der Waals surface area (Å²) in [5.41, 5.74) is 0.770. The van der Waals surface area contributed by atoms with Crippen LogP contribution in [0.4, 0.5) is 10.5 Å². The van der Waals surface area contributed by atoms with Crippen molar-refractivity contribution >= 4 is 22.5 Å². The lowest BCUT2D eigenvalue weighted by atomic mass is 10.0. The summed E-state index contributed by atoms with van der Waals surface area (Å²) in [7, 11) is 0. The van der Waals surface area contributed by atoms with Crippen LogP contribution in [0.3, 0.4) is 0 Å². The lowest BCUT2D eigenvalue weighted by Crippen LogP contribution is -2.41. The Labute approximate surface area is 125 Å². The lowest BCUT2D eigenvalue weighted by Gasteiger charge is -2.19. The van der Waals surface area contributed by atoms with Crippen LogP contribution in [0.25, 0.3) is 10.8 Å². The highest BCUT2D eigenvalue weighted by atomic mass is 16.3. The van der Waals surface area contributed by atoms with Gasteiger partial charge >= 0.3 is 6.03 Å². The summed E-state index contributed by atoms with van der Waals surface area (Å²) in [4.78, 5) is 12.1. The van der Waals surface area contributed by atoms with E-state index in [2.05, 4.69) is 24.5 Å². The first-order valence-electron chi connectivity index (χ1n) is 7.26. The van der Waals surface area contributed by atoms with Gasteiger partial charge in [-0.25, -0.2) is 4.79 Å². The SMILES string of the molecule is CC(C)CC(CO)NC(=O)Nc1cccc2ccccc12. The Morgan fingerprint density at radius 3 is 2.57 bits per heavy atom. The minimum Gasteiger partial charge on any atom is -0.394 e. The highest BCUT2D eigenvalue weighted by Crippen LogP contribution is 2.22. The van der Waals surface area contributed by atoms with Crippen molar-refractivity contribution in [1.29, 1.82) is 0 Å². The number of aliphatic hydroxyl groups is 1. The van der Waals surface area contributed by atoms with Crippen LogP contribution in [0.15, 0.2) is 42.5 Å². The average Bonchev–Trinajstić information content (AvgIpc) is 2.46. The zero-order valence-corrected chi connectivity index (χ0v) is 12.5. The van der Waals surface area contributed by atoms with Gasteiger partial charge in [-0.05, 0) is 23.8 Å². The molecule has 4 heteroatoms. The van der Waals surface area contributed by atoms with Gasteiger partial charge < -0.3 is 15.7 Å². The zero-order chi connectivity index (χ0) is 15.2. The van der Waals surface area contributed by atoms with Gasteiger partial charge in [0.05, 0.1) is 18.3 Å². The summed E-state index contributed by atoms with van der Waals surface area (Å²) in [6.07, 6.45) is 0.749. The fourth-order valence-corrected chi connectivity index (χ4v) is 2.43. The van der Waals surface area contributed by atoms with Crippen molar-refractivity contribution in [2.75, 3.05) is 11.9 Å². The van der Waals surface area contributed by atoms with Gasteiger partial charge in [0, 0.05) is 5.39 Å². The Hall–Kier alpha value is -2.07. The molecule has 21 heavy (non-hydrogen) atoms. The van der Waals surface area contributed by atoms with E-state index in [0.29, 0.717) is 5.92 Å². The van der Waals surface area contributed by atoms with Crippen molar-refractivity contribution in [3.8, 4) is 0 Å². The quantitative estimate of drug-likeness (QED) is 0.789. The number of amides is 2. The Morgan fingerprint density at radius 1 is 1.14 bits per heavy atom. The minimum atomic E-state index is -0.286. The predicted molar refractivity (Wildman–Crippen MR) is 86.4 cm³/mol. The normalized spacial score (nSPS) is 12.4. The van der Waals surface area contributed by atoms with Crippen LogP contribution in [0.2, 0.25) is 0 Å². The third kappa shape index (κ3) is 4.20. The second-order valence-corrected chi connectivity index (χ2v) is 5.63. The van der Waals surface area contributed by atoms with E-state index in [4.69, 9.17) is 0 Å².